The fraction of sp³-hybridized carbons (Fsp3) is 0.192. The van der Waals surface area contributed by atoms with E-state index in [1.165, 1.54) is 4.90 Å². The van der Waals surface area contributed by atoms with E-state index in [0.717, 1.165) is 11.1 Å². The summed E-state index contributed by atoms with van der Waals surface area (Å²) in [7, 11) is 0. The Bertz CT molecular complexity index is 1100. The first-order valence-electron chi connectivity index (χ1n) is 10.3. The van der Waals surface area contributed by atoms with Gasteiger partial charge in [0.25, 0.3) is 17.7 Å². The molecule has 5 nitrogen and oxygen atoms in total. The van der Waals surface area contributed by atoms with Crippen LogP contribution < -0.4 is 0 Å². The number of amides is 3. The van der Waals surface area contributed by atoms with Gasteiger partial charge in [-0.05, 0) is 49.2 Å². The Labute approximate surface area is 181 Å². The average molecular weight is 412 g/mol. The van der Waals surface area contributed by atoms with Crippen molar-refractivity contribution < 1.29 is 14.4 Å². The molecule has 0 radical (unpaired) electrons. The van der Waals surface area contributed by atoms with Crippen LogP contribution in [0.3, 0.4) is 0 Å². The van der Waals surface area contributed by atoms with Crippen molar-refractivity contribution in [2.45, 2.75) is 33.0 Å². The highest BCUT2D eigenvalue weighted by Gasteiger charge is 2.35. The van der Waals surface area contributed by atoms with E-state index >= 15 is 0 Å². The molecule has 5 heteroatoms. The molecule has 4 rings (SSSR count). The van der Waals surface area contributed by atoms with Crippen molar-refractivity contribution in [2.75, 3.05) is 0 Å². The first kappa shape index (κ1) is 20.5. The Kier molecular flexibility index (Phi) is 5.67. The van der Waals surface area contributed by atoms with Gasteiger partial charge < -0.3 is 4.90 Å². The van der Waals surface area contributed by atoms with E-state index in [0.29, 0.717) is 23.2 Å². The van der Waals surface area contributed by atoms with Gasteiger partial charge in [-0.3, -0.25) is 19.3 Å². The van der Waals surface area contributed by atoms with Gasteiger partial charge in [-0.1, -0.05) is 54.6 Å². The minimum Gasteiger partial charge on any atom is -0.332 e. The van der Waals surface area contributed by atoms with E-state index < -0.39 is 0 Å². The number of fused-ring (bicyclic) bond motifs is 1. The highest BCUT2D eigenvalue weighted by molar-refractivity contribution is 6.21. The van der Waals surface area contributed by atoms with Crippen LogP contribution in [-0.4, -0.2) is 33.6 Å². The lowest BCUT2D eigenvalue weighted by Gasteiger charge is -2.27. The maximum absolute atomic E-state index is 13.3. The van der Waals surface area contributed by atoms with Gasteiger partial charge in [-0.15, -0.1) is 0 Å². The van der Waals surface area contributed by atoms with E-state index in [9.17, 15) is 14.4 Å². The molecule has 0 fully saturated rings. The zero-order chi connectivity index (χ0) is 22.0. The second kappa shape index (κ2) is 8.56. The molecule has 156 valence electrons. The summed E-state index contributed by atoms with van der Waals surface area (Å²) < 4.78 is 0. The fourth-order valence-corrected chi connectivity index (χ4v) is 3.80. The number of imide groups is 1. The van der Waals surface area contributed by atoms with Crippen molar-refractivity contribution in [3.8, 4) is 0 Å². The number of carbonyl (C=O) groups is 3. The van der Waals surface area contributed by atoms with Crippen LogP contribution in [0.1, 0.15) is 56.0 Å². The third-order valence-corrected chi connectivity index (χ3v) is 5.47. The van der Waals surface area contributed by atoms with Crippen LogP contribution in [0.2, 0.25) is 0 Å². The summed E-state index contributed by atoms with van der Waals surface area (Å²) in [6, 6.07) is 23.9. The monoisotopic (exact) mass is 412 g/mol. The van der Waals surface area contributed by atoms with Crippen LogP contribution in [0.25, 0.3) is 0 Å². The van der Waals surface area contributed by atoms with E-state index in [2.05, 4.69) is 0 Å². The normalized spacial score (nSPS) is 12.9. The van der Waals surface area contributed by atoms with Gasteiger partial charge in [-0.2, -0.15) is 0 Å². The maximum atomic E-state index is 13.3. The Morgan fingerprint density at radius 3 is 2.00 bits per heavy atom. The summed E-state index contributed by atoms with van der Waals surface area (Å²) in [6.07, 6.45) is 0. The minimum absolute atomic E-state index is 0.0209. The lowest BCUT2D eigenvalue weighted by molar-refractivity contribution is 0.0641. The molecule has 0 bridgehead atoms. The van der Waals surface area contributed by atoms with Gasteiger partial charge in [0.15, 0.2) is 0 Å². The van der Waals surface area contributed by atoms with Crippen LogP contribution in [0.4, 0.5) is 0 Å². The summed E-state index contributed by atoms with van der Waals surface area (Å²) >= 11 is 0. The van der Waals surface area contributed by atoms with Crippen molar-refractivity contribution in [3.05, 3.63) is 107 Å². The summed E-state index contributed by atoms with van der Waals surface area (Å²) in [5.41, 5.74) is 3.19. The van der Waals surface area contributed by atoms with Crippen molar-refractivity contribution >= 4 is 17.7 Å². The Morgan fingerprint density at radius 2 is 1.39 bits per heavy atom. The lowest BCUT2D eigenvalue weighted by atomic mass is 10.1. The van der Waals surface area contributed by atoms with Gasteiger partial charge in [0.1, 0.15) is 0 Å². The van der Waals surface area contributed by atoms with Crippen molar-refractivity contribution in [2.24, 2.45) is 0 Å². The molecule has 0 unspecified atom stereocenters. The number of hydrogen-bond acceptors (Lipinski definition) is 3. The van der Waals surface area contributed by atoms with Gasteiger partial charge >= 0.3 is 0 Å². The van der Waals surface area contributed by atoms with Crippen LogP contribution in [-0.2, 0) is 13.1 Å². The molecule has 0 saturated carbocycles. The molecule has 0 N–H and O–H groups in total. The molecule has 1 aliphatic rings. The van der Waals surface area contributed by atoms with Crippen LogP contribution in [0.5, 0.6) is 0 Å². The minimum atomic E-state index is -0.301. The number of hydrogen-bond donors (Lipinski definition) is 0. The molecule has 0 saturated heterocycles. The quantitative estimate of drug-likeness (QED) is 0.559. The smallest absolute Gasteiger partial charge is 0.261 e. The second-order valence-corrected chi connectivity index (χ2v) is 7.95. The summed E-state index contributed by atoms with van der Waals surface area (Å²) in [4.78, 5) is 41.6. The third kappa shape index (κ3) is 4.12. The molecule has 3 aromatic carbocycles. The van der Waals surface area contributed by atoms with Crippen molar-refractivity contribution in [3.63, 3.8) is 0 Å². The van der Waals surface area contributed by atoms with Gasteiger partial charge in [0.2, 0.25) is 0 Å². The predicted octanol–water partition coefficient (Wildman–Crippen LogP) is 4.53. The zero-order valence-corrected chi connectivity index (χ0v) is 17.6. The Morgan fingerprint density at radius 1 is 0.806 bits per heavy atom. The van der Waals surface area contributed by atoms with Crippen LogP contribution in [0, 0.1) is 0 Å². The molecular weight excluding hydrogens is 388 g/mol. The molecular formula is C26H24N2O3. The second-order valence-electron chi connectivity index (χ2n) is 7.95. The number of carbonyl (C=O) groups excluding carboxylic acids is 3. The molecule has 31 heavy (non-hydrogen) atoms. The summed E-state index contributed by atoms with van der Waals surface area (Å²) in [5, 5.41) is 0. The first-order chi connectivity index (χ1) is 15.0. The number of rotatable bonds is 6. The Balaban J connectivity index is 1.55. The number of benzene rings is 3. The fourth-order valence-electron chi connectivity index (χ4n) is 3.80. The molecule has 3 amide bonds. The summed E-state index contributed by atoms with van der Waals surface area (Å²) in [5.74, 6) is -0.682. The van der Waals surface area contributed by atoms with E-state index in [1.54, 1.807) is 42.5 Å². The van der Waals surface area contributed by atoms with Crippen LogP contribution in [0.15, 0.2) is 78.9 Å². The van der Waals surface area contributed by atoms with Gasteiger partial charge in [-0.25, -0.2) is 0 Å². The molecule has 0 atom stereocenters. The molecule has 1 aliphatic heterocycles. The summed E-state index contributed by atoms with van der Waals surface area (Å²) in [6.45, 7) is 4.63. The third-order valence-electron chi connectivity index (χ3n) is 5.47. The largest absolute Gasteiger partial charge is 0.332 e. The Hall–Kier alpha value is -3.73. The van der Waals surface area contributed by atoms with E-state index in [1.807, 2.05) is 55.1 Å². The van der Waals surface area contributed by atoms with Crippen molar-refractivity contribution in [1.29, 1.82) is 0 Å². The lowest BCUT2D eigenvalue weighted by Crippen LogP contribution is -2.36. The zero-order valence-electron chi connectivity index (χ0n) is 17.6. The standard InChI is InChI=1S/C26H24N2O3/c1-18(2)27(16-19-9-4-3-5-10-19)24(29)21-12-8-11-20(15-21)17-28-25(30)22-13-6-7-14-23(22)26(28)31/h3-15,18H,16-17H2,1-2H3. The topological polar surface area (TPSA) is 57.7 Å². The molecule has 0 spiro atoms. The molecule has 0 aromatic heterocycles. The van der Waals surface area contributed by atoms with Crippen molar-refractivity contribution in [1.82, 2.24) is 9.80 Å². The number of nitrogens with zero attached hydrogens (tertiary/aromatic N) is 2. The molecule has 3 aromatic rings. The maximum Gasteiger partial charge on any atom is 0.261 e. The molecule has 1 heterocycles. The first-order valence-corrected chi connectivity index (χ1v) is 10.3. The SMILES string of the molecule is CC(C)N(Cc1ccccc1)C(=O)c1cccc(CN2C(=O)c3ccccc3C2=O)c1. The predicted molar refractivity (Wildman–Crippen MR) is 119 cm³/mol. The van der Waals surface area contributed by atoms with Gasteiger partial charge in [0, 0.05) is 18.2 Å². The molecule has 0 aliphatic carbocycles. The highest BCUT2D eigenvalue weighted by Crippen LogP contribution is 2.24. The van der Waals surface area contributed by atoms with E-state index in [4.69, 9.17) is 0 Å². The van der Waals surface area contributed by atoms with E-state index in [-0.39, 0.29) is 30.3 Å². The highest BCUT2D eigenvalue weighted by atomic mass is 16.2. The average Bonchev–Trinajstić information content (AvgIpc) is 3.03. The van der Waals surface area contributed by atoms with Crippen LogP contribution >= 0.6 is 0 Å². The van der Waals surface area contributed by atoms with Gasteiger partial charge in [0.05, 0.1) is 17.7 Å².